The molecule has 1 aliphatic carbocycles. The number of aromatic carboxylic acids is 1. The van der Waals surface area contributed by atoms with Crippen molar-refractivity contribution < 1.29 is 14.3 Å². The van der Waals surface area contributed by atoms with E-state index in [1.165, 1.54) is 12.3 Å². The highest BCUT2D eigenvalue weighted by Gasteiger charge is 2.30. The van der Waals surface area contributed by atoms with Crippen LogP contribution >= 0.6 is 0 Å². The molecule has 0 radical (unpaired) electrons. The number of fused-ring (bicyclic) bond motifs is 1. The van der Waals surface area contributed by atoms with Crippen molar-refractivity contribution in [2.75, 3.05) is 0 Å². The van der Waals surface area contributed by atoms with Gasteiger partial charge in [0.2, 0.25) is 11.6 Å². The van der Waals surface area contributed by atoms with Crippen molar-refractivity contribution in [2.24, 2.45) is 0 Å². The van der Waals surface area contributed by atoms with Crippen molar-refractivity contribution in [1.82, 2.24) is 9.97 Å². The number of pyridine rings is 1. The Bertz CT molecular complexity index is 543. The van der Waals surface area contributed by atoms with Crippen LogP contribution < -0.4 is 0 Å². The highest BCUT2D eigenvalue weighted by molar-refractivity contribution is 5.99. The van der Waals surface area contributed by atoms with Crippen molar-refractivity contribution in [3.05, 3.63) is 23.7 Å². The number of carbonyl (C=O) groups is 1. The van der Waals surface area contributed by atoms with E-state index < -0.39 is 5.97 Å². The minimum atomic E-state index is -1.00. The number of hydrogen-bond donors (Lipinski definition) is 1. The van der Waals surface area contributed by atoms with Crippen LogP contribution in [0.5, 0.6) is 0 Å². The van der Waals surface area contributed by atoms with Crippen LogP contribution in [0.1, 0.15) is 35.0 Å². The lowest BCUT2D eigenvalue weighted by Gasteiger charge is -1.91. The van der Waals surface area contributed by atoms with Gasteiger partial charge in [-0.2, -0.15) is 0 Å². The lowest BCUT2D eigenvalue weighted by atomic mass is 10.2. The van der Waals surface area contributed by atoms with Crippen LogP contribution in [0, 0.1) is 0 Å². The Balaban J connectivity index is 2.23. The molecule has 0 aromatic carbocycles. The molecule has 15 heavy (non-hydrogen) atoms. The molecule has 2 aromatic rings. The molecule has 5 heteroatoms. The van der Waals surface area contributed by atoms with Crippen molar-refractivity contribution in [2.45, 2.75) is 18.8 Å². The zero-order chi connectivity index (χ0) is 10.4. The second kappa shape index (κ2) is 2.79. The third-order valence-corrected chi connectivity index (χ3v) is 2.47. The quantitative estimate of drug-likeness (QED) is 0.807. The van der Waals surface area contributed by atoms with Crippen LogP contribution in [0.25, 0.3) is 11.2 Å². The molecule has 3 rings (SSSR count). The number of hydrogen-bond acceptors (Lipinski definition) is 4. The lowest BCUT2D eigenvalue weighted by molar-refractivity contribution is 0.0698. The average Bonchev–Trinajstić information content (AvgIpc) is 2.96. The van der Waals surface area contributed by atoms with Gasteiger partial charge in [-0.05, 0) is 18.9 Å². The van der Waals surface area contributed by atoms with Gasteiger partial charge >= 0.3 is 5.97 Å². The number of aromatic nitrogens is 2. The van der Waals surface area contributed by atoms with Crippen molar-refractivity contribution in [3.8, 4) is 0 Å². The van der Waals surface area contributed by atoms with Gasteiger partial charge in [0.25, 0.3) is 0 Å². The number of carboxylic acids is 1. The number of rotatable bonds is 2. The molecule has 1 saturated carbocycles. The third kappa shape index (κ3) is 1.27. The average molecular weight is 204 g/mol. The van der Waals surface area contributed by atoms with E-state index in [-0.39, 0.29) is 5.56 Å². The zero-order valence-electron chi connectivity index (χ0n) is 7.80. The van der Waals surface area contributed by atoms with E-state index in [1.54, 1.807) is 0 Å². The smallest absolute Gasteiger partial charge is 0.338 e. The summed E-state index contributed by atoms with van der Waals surface area (Å²) in [6.45, 7) is 0. The Hall–Kier alpha value is -1.91. The van der Waals surface area contributed by atoms with Gasteiger partial charge < -0.3 is 9.52 Å². The van der Waals surface area contributed by atoms with E-state index in [9.17, 15) is 4.79 Å². The Labute approximate surface area is 84.8 Å². The minimum Gasteiger partial charge on any atom is -0.478 e. The predicted octanol–water partition coefficient (Wildman–Crippen LogP) is 1.80. The standard InChI is InChI=1S/C10H8N2O3/c13-10(14)6-3-4-11-9-7(6)12-8(15-9)5-1-2-5/h3-5H,1-2H2,(H,13,14). The summed E-state index contributed by atoms with van der Waals surface area (Å²) in [5.74, 6) is -0.0231. The summed E-state index contributed by atoms with van der Waals surface area (Å²) >= 11 is 0. The monoisotopic (exact) mass is 204 g/mol. The van der Waals surface area contributed by atoms with E-state index in [0.717, 1.165) is 12.8 Å². The number of carboxylic acid groups (broad SMARTS) is 1. The Morgan fingerprint density at radius 3 is 3.00 bits per heavy atom. The molecular formula is C10H8N2O3. The fourth-order valence-corrected chi connectivity index (χ4v) is 1.53. The molecule has 2 heterocycles. The van der Waals surface area contributed by atoms with Crippen LogP contribution in [0.3, 0.4) is 0 Å². The normalized spacial score (nSPS) is 15.7. The Morgan fingerprint density at radius 2 is 2.33 bits per heavy atom. The van der Waals surface area contributed by atoms with Crippen LogP contribution in [0.4, 0.5) is 0 Å². The molecule has 1 aliphatic rings. The topological polar surface area (TPSA) is 76.2 Å². The van der Waals surface area contributed by atoms with Crippen LogP contribution in [-0.2, 0) is 0 Å². The molecule has 0 atom stereocenters. The van der Waals surface area contributed by atoms with E-state index in [4.69, 9.17) is 9.52 Å². The molecule has 0 spiro atoms. The zero-order valence-corrected chi connectivity index (χ0v) is 7.80. The third-order valence-electron chi connectivity index (χ3n) is 2.47. The number of nitrogens with zero attached hydrogens (tertiary/aromatic N) is 2. The SMILES string of the molecule is O=C(O)c1ccnc2oc(C3CC3)nc12. The van der Waals surface area contributed by atoms with E-state index in [1.807, 2.05) is 0 Å². The maximum atomic E-state index is 10.9. The summed E-state index contributed by atoms with van der Waals surface area (Å²) in [5, 5.41) is 8.94. The first-order valence-corrected chi connectivity index (χ1v) is 4.74. The van der Waals surface area contributed by atoms with E-state index in [2.05, 4.69) is 9.97 Å². The molecule has 0 unspecified atom stereocenters. The molecule has 0 bridgehead atoms. The second-order valence-corrected chi connectivity index (χ2v) is 3.64. The molecular weight excluding hydrogens is 196 g/mol. The van der Waals surface area contributed by atoms with Crippen LogP contribution in [0.15, 0.2) is 16.7 Å². The largest absolute Gasteiger partial charge is 0.478 e. The maximum absolute atomic E-state index is 10.9. The Morgan fingerprint density at radius 1 is 1.53 bits per heavy atom. The van der Waals surface area contributed by atoms with Gasteiger partial charge in [0.15, 0.2) is 0 Å². The number of oxazole rings is 1. The van der Waals surface area contributed by atoms with Crippen molar-refractivity contribution >= 4 is 17.2 Å². The van der Waals surface area contributed by atoms with E-state index in [0.29, 0.717) is 23.0 Å². The molecule has 2 aromatic heterocycles. The van der Waals surface area contributed by atoms with Gasteiger partial charge in [-0.25, -0.2) is 14.8 Å². The van der Waals surface area contributed by atoms with Gasteiger partial charge in [-0.3, -0.25) is 0 Å². The fourth-order valence-electron chi connectivity index (χ4n) is 1.53. The van der Waals surface area contributed by atoms with Crippen LogP contribution in [-0.4, -0.2) is 21.0 Å². The lowest BCUT2D eigenvalue weighted by Crippen LogP contribution is -1.97. The molecule has 0 aliphatic heterocycles. The molecule has 5 nitrogen and oxygen atoms in total. The van der Waals surface area contributed by atoms with Gasteiger partial charge in [-0.15, -0.1) is 0 Å². The first-order valence-electron chi connectivity index (χ1n) is 4.74. The summed E-state index contributed by atoms with van der Waals surface area (Å²) in [7, 11) is 0. The summed E-state index contributed by atoms with van der Waals surface area (Å²) in [5.41, 5.74) is 0.819. The van der Waals surface area contributed by atoms with Gasteiger partial charge in [0.05, 0.1) is 5.56 Å². The molecule has 76 valence electrons. The second-order valence-electron chi connectivity index (χ2n) is 3.64. The maximum Gasteiger partial charge on any atom is 0.338 e. The highest BCUT2D eigenvalue weighted by Crippen LogP contribution is 2.40. The van der Waals surface area contributed by atoms with Crippen molar-refractivity contribution in [1.29, 1.82) is 0 Å². The first-order chi connectivity index (χ1) is 7.25. The summed E-state index contributed by atoms with van der Waals surface area (Å²) in [6.07, 6.45) is 3.55. The van der Waals surface area contributed by atoms with Gasteiger partial charge in [-0.1, -0.05) is 0 Å². The minimum absolute atomic E-state index is 0.149. The molecule has 1 N–H and O–H groups in total. The van der Waals surface area contributed by atoms with E-state index >= 15 is 0 Å². The highest BCUT2D eigenvalue weighted by atomic mass is 16.4. The summed E-state index contributed by atoms with van der Waals surface area (Å²) in [4.78, 5) is 19.0. The summed E-state index contributed by atoms with van der Waals surface area (Å²) < 4.78 is 5.40. The summed E-state index contributed by atoms with van der Waals surface area (Å²) in [6, 6.07) is 1.43. The van der Waals surface area contributed by atoms with Crippen molar-refractivity contribution in [3.63, 3.8) is 0 Å². The van der Waals surface area contributed by atoms with Crippen LogP contribution in [0.2, 0.25) is 0 Å². The molecule has 0 amide bonds. The van der Waals surface area contributed by atoms with Gasteiger partial charge in [0.1, 0.15) is 5.52 Å². The first kappa shape index (κ1) is 8.40. The Kier molecular flexibility index (Phi) is 1.56. The predicted molar refractivity (Wildman–Crippen MR) is 50.7 cm³/mol. The molecule has 1 fully saturated rings. The van der Waals surface area contributed by atoms with Gasteiger partial charge in [0, 0.05) is 12.1 Å². The molecule has 0 saturated heterocycles. The fraction of sp³-hybridized carbons (Fsp3) is 0.300.